The molecule has 7 heteroatoms. The summed E-state index contributed by atoms with van der Waals surface area (Å²) in [5.74, 6) is 0.456. The Morgan fingerprint density at radius 3 is 3.27 bits per heavy atom. The third-order valence-electron chi connectivity index (χ3n) is 3.07. The van der Waals surface area contributed by atoms with E-state index in [4.69, 9.17) is 0 Å². The van der Waals surface area contributed by atoms with Gasteiger partial charge in [-0.1, -0.05) is 0 Å². The fourth-order valence-corrected chi connectivity index (χ4v) is 2.26. The van der Waals surface area contributed by atoms with Crippen LogP contribution < -0.4 is 5.32 Å². The van der Waals surface area contributed by atoms with Crippen molar-refractivity contribution in [3.63, 3.8) is 0 Å². The third kappa shape index (κ3) is 0.783. The number of hydrogen-bond donors (Lipinski definition) is 1. The molecule has 1 N–H and O–H groups in total. The molecule has 7 nitrogen and oxygen atoms in total. The number of amidine groups is 2. The minimum Gasteiger partial charge on any atom is -0.624 e. The molecule has 3 heterocycles. The van der Waals surface area contributed by atoms with Crippen LogP contribution in [0, 0.1) is 5.21 Å². The molecule has 0 aliphatic carbocycles. The Morgan fingerprint density at radius 2 is 2.47 bits per heavy atom. The average Bonchev–Trinajstić information content (AvgIpc) is 2.53. The van der Waals surface area contributed by atoms with Gasteiger partial charge in [-0.2, -0.15) is 4.99 Å². The first-order valence-corrected chi connectivity index (χ1v) is 4.61. The maximum absolute atomic E-state index is 12.5. The Bertz CT molecular complexity index is 454. The summed E-state index contributed by atoms with van der Waals surface area (Å²) in [5.41, 5.74) is -1.09. The fourth-order valence-electron chi connectivity index (χ4n) is 2.26. The van der Waals surface area contributed by atoms with Crippen molar-refractivity contribution in [3.8, 4) is 0 Å². The summed E-state index contributed by atoms with van der Waals surface area (Å²) in [6, 6.07) is 0. The zero-order chi connectivity index (χ0) is 10.7. The standard InChI is InChI=1S/C8H9N5O2/c1-5-11-7-8(3-9-4-10-7)12-6(14)2-13(5,8)15/h4H,2-3H2,1H3,(H,12,14). The number of quaternary nitrogens is 1. The Labute approximate surface area is 85.4 Å². The summed E-state index contributed by atoms with van der Waals surface area (Å²) in [6.45, 7) is 1.70. The largest absolute Gasteiger partial charge is 0.624 e. The Kier molecular flexibility index (Phi) is 1.34. The molecule has 1 fully saturated rings. The van der Waals surface area contributed by atoms with E-state index in [1.807, 2.05) is 0 Å². The molecule has 1 amide bonds. The summed E-state index contributed by atoms with van der Waals surface area (Å²) in [5, 5.41) is 15.2. The van der Waals surface area contributed by atoms with Gasteiger partial charge in [-0.05, 0) is 0 Å². The molecule has 3 aliphatic heterocycles. The molecule has 78 valence electrons. The van der Waals surface area contributed by atoms with E-state index in [0.717, 1.165) is 0 Å². The van der Waals surface area contributed by atoms with Crippen molar-refractivity contribution >= 4 is 23.9 Å². The highest BCUT2D eigenvalue weighted by Gasteiger charge is 2.64. The van der Waals surface area contributed by atoms with Crippen LogP contribution in [0.15, 0.2) is 15.0 Å². The lowest BCUT2D eigenvalue weighted by Gasteiger charge is -2.43. The average molecular weight is 207 g/mol. The lowest BCUT2D eigenvalue weighted by molar-refractivity contribution is -0.813. The summed E-state index contributed by atoms with van der Waals surface area (Å²) < 4.78 is -0.776. The molecule has 2 unspecified atom stereocenters. The van der Waals surface area contributed by atoms with E-state index < -0.39 is 10.3 Å². The van der Waals surface area contributed by atoms with Crippen LogP contribution in [0.3, 0.4) is 0 Å². The van der Waals surface area contributed by atoms with Crippen molar-refractivity contribution in [1.29, 1.82) is 0 Å². The predicted molar refractivity (Wildman–Crippen MR) is 53.3 cm³/mol. The first kappa shape index (κ1) is 8.69. The van der Waals surface area contributed by atoms with Gasteiger partial charge in [0.2, 0.25) is 11.7 Å². The summed E-state index contributed by atoms with van der Waals surface area (Å²) in [4.78, 5) is 23.4. The third-order valence-corrected chi connectivity index (χ3v) is 3.07. The van der Waals surface area contributed by atoms with Crippen LogP contribution in [0.4, 0.5) is 0 Å². The van der Waals surface area contributed by atoms with Gasteiger partial charge in [0.1, 0.15) is 12.9 Å². The second kappa shape index (κ2) is 2.31. The quantitative estimate of drug-likeness (QED) is 0.407. The van der Waals surface area contributed by atoms with Crippen LogP contribution in [0.5, 0.6) is 0 Å². The van der Waals surface area contributed by atoms with Gasteiger partial charge < -0.3 is 5.21 Å². The smallest absolute Gasteiger partial charge is 0.281 e. The second-order valence-electron chi connectivity index (χ2n) is 3.87. The highest BCUT2D eigenvalue weighted by Crippen LogP contribution is 2.36. The van der Waals surface area contributed by atoms with Gasteiger partial charge in [0.05, 0.1) is 0 Å². The van der Waals surface area contributed by atoms with Gasteiger partial charge >= 0.3 is 0 Å². The molecular weight excluding hydrogens is 198 g/mol. The van der Waals surface area contributed by atoms with Crippen molar-refractivity contribution in [2.75, 3.05) is 13.1 Å². The van der Waals surface area contributed by atoms with Crippen LogP contribution in [0.25, 0.3) is 0 Å². The number of carbonyl (C=O) groups excluding carboxylic acids is 1. The molecule has 0 saturated carbocycles. The number of rotatable bonds is 0. The molecule has 2 atom stereocenters. The van der Waals surface area contributed by atoms with Gasteiger partial charge in [0, 0.05) is 6.92 Å². The first-order chi connectivity index (χ1) is 7.08. The lowest BCUT2D eigenvalue weighted by Crippen LogP contribution is -2.66. The Hall–Kier alpha value is -1.60. The SMILES string of the molecule is CC1=NC2=NC=NCC23NC(=O)C[N+]13[O-]. The van der Waals surface area contributed by atoms with Gasteiger partial charge in [-0.3, -0.25) is 19.8 Å². The van der Waals surface area contributed by atoms with Gasteiger partial charge in [0.15, 0.2) is 6.54 Å². The van der Waals surface area contributed by atoms with Gasteiger partial charge in [-0.25, -0.2) is 4.99 Å². The molecule has 15 heavy (non-hydrogen) atoms. The monoisotopic (exact) mass is 207 g/mol. The number of nitrogens with one attached hydrogen (secondary N) is 1. The molecule has 0 radical (unpaired) electrons. The summed E-state index contributed by atoms with van der Waals surface area (Å²) in [7, 11) is 0. The topological polar surface area (TPSA) is 89.2 Å². The first-order valence-electron chi connectivity index (χ1n) is 4.61. The number of hydroxylamine groups is 3. The van der Waals surface area contributed by atoms with Crippen molar-refractivity contribution in [3.05, 3.63) is 5.21 Å². The van der Waals surface area contributed by atoms with Gasteiger partial charge in [-0.15, -0.1) is 0 Å². The number of aliphatic imine (C=N–C) groups is 3. The van der Waals surface area contributed by atoms with Crippen LogP contribution in [-0.2, 0) is 4.79 Å². The number of hydrogen-bond acceptors (Lipinski definition) is 5. The summed E-state index contributed by atoms with van der Waals surface area (Å²) in [6.07, 6.45) is 1.37. The maximum atomic E-state index is 12.5. The van der Waals surface area contributed by atoms with Crippen LogP contribution in [-0.4, -0.2) is 47.3 Å². The van der Waals surface area contributed by atoms with E-state index in [2.05, 4.69) is 20.3 Å². The minimum atomic E-state index is -1.09. The Morgan fingerprint density at radius 1 is 1.67 bits per heavy atom. The highest BCUT2D eigenvalue weighted by molar-refractivity contribution is 6.11. The second-order valence-corrected chi connectivity index (χ2v) is 3.87. The summed E-state index contributed by atoms with van der Waals surface area (Å²) >= 11 is 0. The molecule has 0 bridgehead atoms. The molecule has 1 saturated heterocycles. The normalized spacial score (nSPS) is 41.9. The van der Waals surface area contributed by atoms with Gasteiger partial charge in [0.25, 0.3) is 11.6 Å². The zero-order valence-corrected chi connectivity index (χ0v) is 8.10. The van der Waals surface area contributed by atoms with E-state index in [1.165, 1.54) is 6.34 Å². The number of amides is 1. The van der Waals surface area contributed by atoms with Crippen molar-refractivity contribution < 1.29 is 9.44 Å². The molecule has 0 aromatic rings. The van der Waals surface area contributed by atoms with Crippen LogP contribution in [0.1, 0.15) is 6.92 Å². The van der Waals surface area contributed by atoms with Crippen molar-refractivity contribution in [1.82, 2.24) is 5.32 Å². The van der Waals surface area contributed by atoms with E-state index >= 15 is 0 Å². The van der Waals surface area contributed by atoms with Crippen LogP contribution >= 0.6 is 0 Å². The zero-order valence-electron chi connectivity index (χ0n) is 8.10. The molecular formula is C8H9N5O2. The highest BCUT2D eigenvalue weighted by atomic mass is 16.6. The number of carbonyl (C=O) groups is 1. The number of nitrogens with zero attached hydrogens (tertiary/aromatic N) is 4. The van der Waals surface area contributed by atoms with E-state index in [9.17, 15) is 10.0 Å². The minimum absolute atomic E-state index is 0.135. The molecule has 1 spiro atoms. The Balaban J connectivity index is 2.22. The van der Waals surface area contributed by atoms with E-state index in [0.29, 0.717) is 11.7 Å². The van der Waals surface area contributed by atoms with E-state index in [-0.39, 0.29) is 19.0 Å². The molecule has 3 aliphatic rings. The predicted octanol–water partition coefficient (Wildman–Crippen LogP) is -1.00. The maximum Gasteiger partial charge on any atom is 0.281 e. The fraction of sp³-hybridized carbons (Fsp3) is 0.500. The van der Waals surface area contributed by atoms with Crippen molar-refractivity contribution in [2.24, 2.45) is 15.0 Å². The molecule has 0 aromatic carbocycles. The lowest BCUT2D eigenvalue weighted by atomic mass is 10.1. The molecule has 0 aromatic heterocycles. The molecule has 3 rings (SSSR count). The van der Waals surface area contributed by atoms with Crippen molar-refractivity contribution in [2.45, 2.75) is 12.6 Å². The van der Waals surface area contributed by atoms with Crippen LogP contribution in [0.2, 0.25) is 0 Å². The van der Waals surface area contributed by atoms with E-state index in [1.54, 1.807) is 6.92 Å².